The molecule has 3 rings (SSSR count). The normalized spacial score (nSPS) is 22.6. The van der Waals surface area contributed by atoms with Crippen LogP contribution in [-0.4, -0.2) is 58.0 Å². The molecule has 1 aromatic rings. The standard InChI is InChI=1S/C14H28B2N6.C3H8/c1-7-8-9-10-20-15(4)19(6)12-14(2,3)22-13(17-11-18-22)21(12)16(20)5;1-3-2/h11-12H,7-10H2,1-6H3;3H2,1-2H3. The van der Waals surface area contributed by atoms with Crippen molar-refractivity contribution in [1.82, 2.24) is 24.3 Å². The highest BCUT2D eigenvalue weighted by atomic mass is 15.6. The van der Waals surface area contributed by atoms with E-state index in [2.05, 4.69) is 84.4 Å². The van der Waals surface area contributed by atoms with Crippen molar-refractivity contribution in [3.05, 3.63) is 6.33 Å². The highest BCUT2D eigenvalue weighted by Crippen LogP contribution is 2.41. The molecule has 0 bridgehead atoms. The van der Waals surface area contributed by atoms with Crippen LogP contribution in [0.3, 0.4) is 0 Å². The number of hydrogen-bond donors (Lipinski definition) is 0. The van der Waals surface area contributed by atoms with E-state index in [0.717, 1.165) is 12.5 Å². The van der Waals surface area contributed by atoms with E-state index >= 15 is 0 Å². The molecule has 0 aliphatic carbocycles. The molecule has 1 fully saturated rings. The Bertz CT molecular complexity index is 549. The Balaban J connectivity index is 0.000000701. The number of rotatable bonds is 4. The first kappa shape index (κ1) is 20.3. The van der Waals surface area contributed by atoms with Crippen LogP contribution in [0.25, 0.3) is 0 Å². The molecule has 0 aromatic carbocycles. The van der Waals surface area contributed by atoms with Crippen molar-refractivity contribution in [2.45, 2.75) is 85.7 Å². The maximum atomic E-state index is 4.54. The first-order chi connectivity index (χ1) is 11.8. The Labute approximate surface area is 155 Å². The van der Waals surface area contributed by atoms with Gasteiger partial charge in [0.15, 0.2) is 0 Å². The van der Waals surface area contributed by atoms with Crippen LogP contribution in [-0.2, 0) is 5.54 Å². The third kappa shape index (κ3) is 3.47. The molecule has 1 saturated heterocycles. The lowest BCUT2D eigenvalue weighted by atomic mass is 9.56. The molecular formula is C17H36B2N6. The van der Waals surface area contributed by atoms with Gasteiger partial charge in [-0.1, -0.05) is 53.7 Å². The molecular weight excluding hydrogens is 310 g/mol. The molecule has 0 saturated carbocycles. The first-order valence-corrected chi connectivity index (χ1v) is 9.99. The average Bonchev–Trinajstić information content (AvgIpc) is 3.11. The van der Waals surface area contributed by atoms with E-state index in [1.54, 1.807) is 6.33 Å². The summed E-state index contributed by atoms with van der Waals surface area (Å²) in [7, 11) is 2.23. The molecule has 2 aliphatic rings. The van der Waals surface area contributed by atoms with Gasteiger partial charge < -0.3 is 14.3 Å². The smallest absolute Gasteiger partial charge is 0.333 e. The molecule has 8 heteroatoms. The lowest BCUT2D eigenvalue weighted by Gasteiger charge is -2.53. The average molecular weight is 346 g/mol. The van der Waals surface area contributed by atoms with Gasteiger partial charge >= 0.3 is 6.98 Å². The number of nitrogens with zero attached hydrogens (tertiary/aromatic N) is 6. The lowest BCUT2D eigenvalue weighted by molar-refractivity contribution is 0.190. The quantitative estimate of drug-likeness (QED) is 0.618. The zero-order chi connectivity index (χ0) is 18.8. The van der Waals surface area contributed by atoms with Crippen molar-refractivity contribution in [3.63, 3.8) is 0 Å². The molecule has 0 spiro atoms. The fourth-order valence-electron chi connectivity index (χ4n) is 4.27. The minimum atomic E-state index is -0.0708. The third-order valence-corrected chi connectivity index (χ3v) is 5.56. The van der Waals surface area contributed by atoms with E-state index in [0.29, 0.717) is 20.1 Å². The lowest BCUT2D eigenvalue weighted by Crippen LogP contribution is -2.75. The van der Waals surface area contributed by atoms with E-state index < -0.39 is 0 Å². The second kappa shape index (κ2) is 8.12. The summed E-state index contributed by atoms with van der Waals surface area (Å²) in [5.41, 5.74) is -0.0708. The molecule has 1 aromatic heterocycles. The topological polar surface area (TPSA) is 40.4 Å². The molecule has 25 heavy (non-hydrogen) atoms. The summed E-state index contributed by atoms with van der Waals surface area (Å²) in [4.78, 5) is 9.46. The van der Waals surface area contributed by atoms with Gasteiger partial charge in [-0.3, -0.25) is 0 Å². The maximum Gasteiger partial charge on any atom is 0.333 e. The molecule has 1 atom stereocenters. The Morgan fingerprint density at radius 3 is 2.36 bits per heavy atom. The predicted molar refractivity (Wildman–Crippen MR) is 109 cm³/mol. The van der Waals surface area contributed by atoms with Crippen LogP contribution in [0.5, 0.6) is 0 Å². The molecule has 6 nitrogen and oxygen atoms in total. The van der Waals surface area contributed by atoms with Gasteiger partial charge in [0.1, 0.15) is 6.33 Å². The van der Waals surface area contributed by atoms with Gasteiger partial charge in [0.2, 0.25) is 5.95 Å². The van der Waals surface area contributed by atoms with Crippen molar-refractivity contribution in [3.8, 4) is 0 Å². The summed E-state index contributed by atoms with van der Waals surface area (Å²) >= 11 is 0. The van der Waals surface area contributed by atoms with Gasteiger partial charge in [0.05, 0.1) is 11.7 Å². The SMILES string of the molecule is CCC.CCCCCN1B(C)N(C)C2N(B1C)c1ncnn1C2(C)C. The highest BCUT2D eigenvalue weighted by molar-refractivity contribution is 6.73. The van der Waals surface area contributed by atoms with Gasteiger partial charge in [-0.2, -0.15) is 5.10 Å². The third-order valence-electron chi connectivity index (χ3n) is 5.56. The number of hydrogen-bond acceptors (Lipinski definition) is 5. The van der Waals surface area contributed by atoms with Gasteiger partial charge in [-0.25, -0.2) is 9.67 Å². The Morgan fingerprint density at radius 1 is 1.12 bits per heavy atom. The van der Waals surface area contributed by atoms with E-state index in [9.17, 15) is 0 Å². The summed E-state index contributed by atoms with van der Waals surface area (Å²) in [6.07, 6.45) is 7.05. The van der Waals surface area contributed by atoms with E-state index in [1.807, 2.05) is 0 Å². The van der Waals surface area contributed by atoms with Gasteiger partial charge in [-0.05, 0) is 33.9 Å². The summed E-state index contributed by atoms with van der Waals surface area (Å²) in [6.45, 7) is 17.6. The number of unbranched alkanes of at least 4 members (excludes halogenated alkanes) is 2. The monoisotopic (exact) mass is 346 g/mol. The van der Waals surface area contributed by atoms with Gasteiger partial charge in [0, 0.05) is 0 Å². The zero-order valence-corrected chi connectivity index (χ0v) is 17.5. The molecule has 140 valence electrons. The fraction of sp³-hybridized carbons (Fsp3) is 0.882. The Hall–Kier alpha value is -1.01. The summed E-state index contributed by atoms with van der Waals surface area (Å²) in [5, 5.41) is 4.49. The van der Waals surface area contributed by atoms with Gasteiger partial charge in [0.25, 0.3) is 6.98 Å². The molecule has 3 heterocycles. The molecule has 2 aliphatic heterocycles. The van der Waals surface area contributed by atoms with E-state index in [-0.39, 0.29) is 5.54 Å². The van der Waals surface area contributed by atoms with Crippen molar-refractivity contribution in [2.75, 3.05) is 18.4 Å². The van der Waals surface area contributed by atoms with Crippen LogP contribution >= 0.6 is 0 Å². The van der Waals surface area contributed by atoms with Crippen molar-refractivity contribution >= 4 is 19.9 Å². The predicted octanol–water partition coefficient (Wildman–Crippen LogP) is 3.25. The first-order valence-electron chi connectivity index (χ1n) is 9.99. The Morgan fingerprint density at radius 2 is 1.76 bits per heavy atom. The number of fused-ring (bicyclic) bond motifs is 3. The van der Waals surface area contributed by atoms with Crippen molar-refractivity contribution < 1.29 is 0 Å². The van der Waals surface area contributed by atoms with Crippen molar-refractivity contribution in [2.24, 2.45) is 0 Å². The Kier molecular flexibility index (Phi) is 6.60. The van der Waals surface area contributed by atoms with Gasteiger partial charge in [-0.15, -0.1) is 0 Å². The summed E-state index contributed by atoms with van der Waals surface area (Å²) in [6, 6.07) is 0. The maximum absolute atomic E-state index is 4.54. The molecule has 0 amide bonds. The van der Waals surface area contributed by atoms with Crippen molar-refractivity contribution in [1.29, 1.82) is 0 Å². The number of likely N-dealkylation sites (N-methyl/N-ethyl adjacent to an activating group) is 1. The van der Waals surface area contributed by atoms with E-state index in [1.165, 1.54) is 25.7 Å². The van der Waals surface area contributed by atoms with Crippen LogP contribution in [0.1, 0.15) is 60.3 Å². The highest BCUT2D eigenvalue weighted by Gasteiger charge is 2.57. The fourth-order valence-corrected chi connectivity index (χ4v) is 4.27. The van der Waals surface area contributed by atoms with E-state index in [4.69, 9.17) is 0 Å². The second-order valence-corrected chi connectivity index (χ2v) is 7.99. The molecule has 0 N–H and O–H groups in total. The van der Waals surface area contributed by atoms with Crippen LogP contribution in [0.15, 0.2) is 6.33 Å². The van der Waals surface area contributed by atoms with Crippen LogP contribution in [0.2, 0.25) is 13.6 Å². The summed E-state index contributed by atoms with van der Waals surface area (Å²) < 4.78 is 4.68. The largest absolute Gasteiger partial charge is 0.354 e. The number of aromatic nitrogens is 3. The van der Waals surface area contributed by atoms with Crippen LogP contribution < -0.4 is 4.81 Å². The minimum Gasteiger partial charge on any atom is -0.354 e. The van der Waals surface area contributed by atoms with Crippen LogP contribution in [0.4, 0.5) is 5.95 Å². The number of anilines is 1. The zero-order valence-electron chi connectivity index (χ0n) is 17.5. The van der Waals surface area contributed by atoms with Crippen LogP contribution in [0, 0.1) is 0 Å². The second-order valence-electron chi connectivity index (χ2n) is 7.99. The molecule has 0 radical (unpaired) electrons. The molecule has 1 unspecified atom stereocenters. The minimum absolute atomic E-state index is 0.0708. The summed E-state index contributed by atoms with van der Waals surface area (Å²) in [5.74, 6) is 1.00.